The molecule has 0 unspecified atom stereocenters. The van der Waals surface area contributed by atoms with E-state index in [-0.39, 0.29) is 6.61 Å². The Morgan fingerprint density at radius 3 is 2.77 bits per heavy atom. The van der Waals surface area contributed by atoms with Crippen molar-refractivity contribution >= 4 is 32.8 Å². The zero-order chi connectivity index (χ0) is 9.42. The summed E-state index contributed by atoms with van der Waals surface area (Å²) in [6, 6.07) is 5.57. The summed E-state index contributed by atoms with van der Waals surface area (Å²) in [6.45, 7) is -0.00884. The number of anilines is 2. The van der Waals surface area contributed by atoms with Gasteiger partial charge in [-0.2, -0.15) is 0 Å². The van der Waals surface area contributed by atoms with Crippen molar-refractivity contribution in [3.05, 3.63) is 23.1 Å². The molecule has 13 heavy (non-hydrogen) atoms. The summed E-state index contributed by atoms with van der Waals surface area (Å²) < 4.78 is 1.03. The molecule has 1 aromatic heterocycles. The van der Waals surface area contributed by atoms with E-state index in [1.807, 2.05) is 18.2 Å². The van der Waals surface area contributed by atoms with Gasteiger partial charge in [-0.15, -0.1) is 11.3 Å². The summed E-state index contributed by atoms with van der Waals surface area (Å²) >= 11 is 1.48. The van der Waals surface area contributed by atoms with Crippen LogP contribution in [0.3, 0.4) is 0 Å². The molecule has 3 nitrogen and oxygen atoms in total. The van der Waals surface area contributed by atoms with Gasteiger partial charge in [-0.1, -0.05) is 0 Å². The molecule has 0 aliphatic heterocycles. The summed E-state index contributed by atoms with van der Waals surface area (Å²) in [6.07, 6.45) is 0. The summed E-state index contributed by atoms with van der Waals surface area (Å²) in [5.41, 5.74) is 12.8. The third kappa shape index (κ3) is 1.24. The lowest BCUT2D eigenvalue weighted by molar-refractivity contribution is 0.286. The number of nitrogens with two attached hydrogens (primary N) is 2. The maximum atomic E-state index is 8.99. The largest absolute Gasteiger partial charge is 0.399 e. The fraction of sp³-hybridized carbons (Fsp3) is 0.111. The number of aliphatic hydroxyl groups is 1. The van der Waals surface area contributed by atoms with E-state index in [1.165, 1.54) is 11.3 Å². The van der Waals surface area contributed by atoms with Gasteiger partial charge < -0.3 is 16.6 Å². The lowest BCUT2D eigenvalue weighted by atomic mass is 10.2. The Bertz CT molecular complexity index is 450. The Morgan fingerprint density at radius 1 is 1.31 bits per heavy atom. The van der Waals surface area contributed by atoms with Crippen molar-refractivity contribution in [2.75, 3.05) is 11.5 Å². The number of hydrogen-bond donors (Lipinski definition) is 3. The van der Waals surface area contributed by atoms with Crippen molar-refractivity contribution in [3.63, 3.8) is 0 Å². The second-order valence-corrected chi connectivity index (χ2v) is 3.99. The monoisotopic (exact) mass is 194 g/mol. The number of benzene rings is 1. The standard InChI is InChI=1S/C9H10N2OS/c10-5-1-2-6-7(3-5)13-8(4-12)9(6)11/h1-3,12H,4,10-11H2. The predicted octanol–water partition coefficient (Wildman–Crippen LogP) is 1.56. The maximum absolute atomic E-state index is 8.99. The fourth-order valence-corrected chi connectivity index (χ4v) is 2.33. The van der Waals surface area contributed by atoms with Crippen LogP contribution < -0.4 is 11.5 Å². The van der Waals surface area contributed by atoms with Crippen LogP contribution in [0.2, 0.25) is 0 Å². The van der Waals surface area contributed by atoms with Gasteiger partial charge in [0.2, 0.25) is 0 Å². The van der Waals surface area contributed by atoms with Crippen molar-refractivity contribution in [2.45, 2.75) is 6.61 Å². The molecule has 0 saturated heterocycles. The van der Waals surface area contributed by atoms with Crippen LogP contribution in [0, 0.1) is 0 Å². The van der Waals surface area contributed by atoms with E-state index < -0.39 is 0 Å². The maximum Gasteiger partial charge on any atom is 0.0795 e. The molecule has 0 amide bonds. The van der Waals surface area contributed by atoms with Gasteiger partial charge >= 0.3 is 0 Å². The third-order valence-electron chi connectivity index (χ3n) is 1.97. The Kier molecular flexibility index (Phi) is 1.86. The van der Waals surface area contributed by atoms with E-state index in [0.29, 0.717) is 5.69 Å². The minimum atomic E-state index is -0.00884. The van der Waals surface area contributed by atoms with Crippen LogP contribution in [0.25, 0.3) is 10.1 Å². The molecule has 68 valence electrons. The van der Waals surface area contributed by atoms with Gasteiger partial charge in [0.15, 0.2) is 0 Å². The molecule has 0 fully saturated rings. The SMILES string of the molecule is Nc1ccc2c(N)c(CO)sc2c1. The average Bonchev–Trinajstić information content (AvgIpc) is 2.42. The molecule has 1 aromatic carbocycles. The second-order valence-electron chi connectivity index (χ2n) is 2.85. The molecule has 0 saturated carbocycles. The molecule has 5 N–H and O–H groups in total. The second kappa shape index (κ2) is 2.90. The number of nitrogen functional groups attached to an aromatic ring is 2. The normalized spacial score (nSPS) is 10.8. The van der Waals surface area contributed by atoms with Crippen LogP contribution in [-0.2, 0) is 6.61 Å². The summed E-state index contributed by atoms with van der Waals surface area (Å²) in [5.74, 6) is 0. The van der Waals surface area contributed by atoms with Gasteiger partial charge in [0.25, 0.3) is 0 Å². The minimum Gasteiger partial charge on any atom is -0.399 e. The molecule has 0 bridgehead atoms. The zero-order valence-electron chi connectivity index (χ0n) is 6.95. The van der Waals surface area contributed by atoms with E-state index in [4.69, 9.17) is 16.6 Å². The number of hydrogen-bond acceptors (Lipinski definition) is 4. The van der Waals surface area contributed by atoms with E-state index >= 15 is 0 Å². The predicted molar refractivity (Wildman–Crippen MR) is 56.6 cm³/mol. The smallest absolute Gasteiger partial charge is 0.0795 e. The first kappa shape index (κ1) is 8.34. The molecule has 2 rings (SSSR count). The summed E-state index contributed by atoms with van der Waals surface area (Å²) in [4.78, 5) is 0.806. The molecular formula is C9H10N2OS. The van der Waals surface area contributed by atoms with E-state index in [1.54, 1.807) is 0 Å². The van der Waals surface area contributed by atoms with Crippen LogP contribution in [0.15, 0.2) is 18.2 Å². The fourth-order valence-electron chi connectivity index (χ4n) is 1.30. The van der Waals surface area contributed by atoms with Gasteiger partial charge in [0.1, 0.15) is 0 Å². The highest BCUT2D eigenvalue weighted by Gasteiger charge is 2.07. The first-order valence-electron chi connectivity index (χ1n) is 3.89. The third-order valence-corrected chi connectivity index (χ3v) is 3.13. The first-order chi connectivity index (χ1) is 6.22. The zero-order valence-corrected chi connectivity index (χ0v) is 7.77. The van der Waals surface area contributed by atoms with Crippen LogP contribution in [0.1, 0.15) is 4.88 Å². The van der Waals surface area contributed by atoms with Crippen LogP contribution >= 0.6 is 11.3 Å². The van der Waals surface area contributed by atoms with Gasteiger partial charge in [-0.05, 0) is 18.2 Å². The highest BCUT2D eigenvalue weighted by molar-refractivity contribution is 7.19. The van der Waals surface area contributed by atoms with E-state index in [9.17, 15) is 0 Å². The Labute approximate surface area is 79.6 Å². The van der Waals surface area contributed by atoms with Crippen molar-refractivity contribution in [1.29, 1.82) is 0 Å². The molecule has 1 heterocycles. The highest BCUT2D eigenvalue weighted by Crippen LogP contribution is 2.34. The highest BCUT2D eigenvalue weighted by atomic mass is 32.1. The Morgan fingerprint density at radius 2 is 2.08 bits per heavy atom. The number of thiophene rings is 1. The lowest BCUT2D eigenvalue weighted by Crippen LogP contribution is -1.88. The van der Waals surface area contributed by atoms with E-state index in [0.717, 1.165) is 20.7 Å². The quantitative estimate of drug-likeness (QED) is 0.603. The number of aliphatic hydroxyl groups excluding tert-OH is 1. The van der Waals surface area contributed by atoms with Gasteiger partial charge in [-0.25, -0.2) is 0 Å². The molecule has 4 heteroatoms. The van der Waals surface area contributed by atoms with Gasteiger partial charge in [-0.3, -0.25) is 0 Å². The average molecular weight is 194 g/mol. The van der Waals surface area contributed by atoms with Gasteiger partial charge in [0.05, 0.1) is 17.2 Å². The molecule has 2 aromatic rings. The molecule has 0 aliphatic rings. The summed E-state index contributed by atoms with van der Waals surface area (Å²) in [7, 11) is 0. The van der Waals surface area contributed by atoms with Gasteiger partial charge in [0, 0.05) is 15.8 Å². The number of rotatable bonds is 1. The molecular weight excluding hydrogens is 184 g/mol. The summed E-state index contributed by atoms with van der Waals surface area (Å²) in [5, 5.41) is 9.96. The topological polar surface area (TPSA) is 72.3 Å². The Hall–Kier alpha value is -1.26. The van der Waals surface area contributed by atoms with Crippen molar-refractivity contribution < 1.29 is 5.11 Å². The van der Waals surface area contributed by atoms with Crippen molar-refractivity contribution in [3.8, 4) is 0 Å². The lowest BCUT2D eigenvalue weighted by Gasteiger charge is -1.93. The first-order valence-corrected chi connectivity index (χ1v) is 4.71. The van der Waals surface area contributed by atoms with Crippen LogP contribution in [0.5, 0.6) is 0 Å². The minimum absolute atomic E-state index is 0.00884. The van der Waals surface area contributed by atoms with Crippen molar-refractivity contribution in [1.82, 2.24) is 0 Å². The van der Waals surface area contributed by atoms with Crippen LogP contribution in [-0.4, -0.2) is 5.11 Å². The number of fused-ring (bicyclic) bond motifs is 1. The molecule has 0 atom stereocenters. The molecule has 0 aliphatic carbocycles. The van der Waals surface area contributed by atoms with Crippen LogP contribution in [0.4, 0.5) is 11.4 Å². The molecule has 0 spiro atoms. The Balaban J connectivity index is 2.76. The van der Waals surface area contributed by atoms with Crippen molar-refractivity contribution in [2.24, 2.45) is 0 Å². The van der Waals surface area contributed by atoms with E-state index in [2.05, 4.69) is 0 Å². The molecule has 0 radical (unpaired) electrons.